The van der Waals surface area contributed by atoms with Crippen LogP contribution in [0.1, 0.15) is 11.1 Å². The fourth-order valence-electron chi connectivity index (χ4n) is 2.48. The number of thioether (sulfide) groups is 1. The van der Waals surface area contributed by atoms with Gasteiger partial charge in [-0.3, -0.25) is 4.79 Å². The fraction of sp³-hybridized carbons (Fsp3) is 0.0526. The number of benzene rings is 1. The van der Waals surface area contributed by atoms with Crippen LogP contribution in [-0.2, 0) is 4.79 Å². The third-order valence-electron chi connectivity index (χ3n) is 3.73. The number of nitrogen functional groups attached to an aromatic ring is 1. The van der Waals surface area contributed by atoms with Crippen LogP contribution in [-0.4, -0.2) is 16.6 Å². The Bertz CT molecular complexity index is 1170. The predicted octanol–water partition coefficient (Wildman–Crippen LogP) is 5.39. The van der Waals surface area contributed by atoms with Gasteiger partial charge in [0.2, 0.25) is 5.91 Å². The van der Waals surface area contributed by atoms with E-state index in [1.165, 1.54) is 11.3 Å². The minimum Gasteiger partial charge on any atom is -0.383 e. The molecule has 3 rings (SSSR count). The predicted molar refractivity (Wildman–Crippen MR) is 123 cm³/mol. The molecule has 0 aliphatic heterocycles. The number of hydrogen-bond acceptors (Lipinski definition) is 7. The van der Waals surface area contributed by atoms with Crippen LogP contribution in [0.5, 0.6) is 0 Å². The van der Waals surface area contributed by atoms with Gasteiger partial charge in [0.15, 0.2) is 0 Å². The van der Waals surface area contributed by atoms with Crippen molar-refractivity contribution in [2.75, 3.05) is 16.8 Å². The lowest BCUT2D eigenvalue weighted by molar-refractivity contribution is -0.113. The Balaban J connectivity index is 1.87. The van der Waals surface area contributed by atoms with E-state index >= 15 is 0 Å². The standard InChI is InChI=1S/C19H11Br2N5OS2/c20-10-3-4-14(13(21)6-10)25-16(27)9-29-19-12(8-23)17(15-2-1-5-28-15)11(7-22)18(24)26-19/h1-6H,9H2,(H2,24,26)(H,25,27). The van der Waals surface area contributed by atoms with Gasteiger partial charge >= 0.3 is 0 Å². The fourth-order valence-corrected chi connectivity index (χ4v) is 5.20. The van der Waals surface area contributed by atoms with Gasteiger partial charge in [0.25, 0.3) is 0 Å². The molecule has 6 nitrogen and oxygen atoms in total. The molecule has 0 atom stereocenters. The number of pyridine rings is 1. The molecular formula is C19H11Br2N5OS2. The Morgan fingerprint density at radius 3 is 2.62 bits per heavy atom. The van der Waals surface area contributed by atoms with Crippen molar-refractivity contribution in [2.45, 2.75) is 5.03 Å². The van der Waals surface area contributed by atoms with E-state index in [0.717, 1.165) is 25.6 Å². The summed E-state index contributed by atoms with van der Waals surface area (Å²) < 4.78 is 1.62. The lowest BCUT2D eigenvalue weighted by Gasteiger charge is -2.12. The second-order valence-corrected chi connectivity index (χ2v) is 9.27. The van der Waals surface area contributed by atoms with Gasteiger partial charge in [0, 0.05) is 19.4 Å². The van der Waals surface area contributed by atoms with Crippen LogP contribution in [0, 0.1) is 22.7 Å². The average Bonchev–Trinajstić information content (AvgIpc) is 3.22. The number of nitrogens with two attached hydrogens (primary N) is 1. The first-order valence-electron chi connectivity index (χ1n) is 7.99. The highest BCUT2D eigenvalue weighted by Gasteiger charge is 2.21. The van der Waals surface area contributed by atoms with E-state index in [1.54, 1.807) is 6.07 Å². The third-order valence-corrected chi connectivity index (χ3v) is 6.74. The van der Waals surface area contributed by atoms with Gasteiger partial charge in [-0.1, -0.05) is 33.8 Å². The Morgan fingerprint density at radius 1 is 1.24 bits per heavy atom. The minimum absolute atomic E-state index is 0.0272. The van der Waals surface area contributed by atoms with Crippen LogP contribution in [0.4, 0.5) is 11.5 Å². The zero-order chi connectivity index (χ0) is 21.0. The Hall–Kier alpha value is -2.37. The van der Waals surface area contributed by atoms with E-state index in [1.807, 2.05) is 35.7 Å². The van der Waals surface area contributed by atoms with E-state index in [4.69, 9.17) is 5.73 Å². The molecule has 0 fully saturated rings. The van der Waals surface area contributed by atoms with Crippen molar-refractivity contribution in [1.29, 1.82) is 10.5 Å². The smallest absolute Gasteiger partial charge is 0.234 e. The zero-order valence-electron chi connectivity index (χ0n) is 14.6. The summed E-state index contributed by atoms with van der Waals surface area (Å²) >= 11 is 9.26. The number of amides is 1. The van der Waals surface area contributed by atoms with Crippen LogP contribution in [0.2, 0.25) is 0 Å². The van der Waals surface area contributed by atoms with Gasteiger partial charge in [-0.2, -0.15) is 10.5 Å². The molecule has 10 heteroatoms. The minimum atomic E-state index is -0.260. The summed E-state index contributed by atoms with van der Waals surface area (Å²) in [4.78, 5) is 17.3. The molecule has 2 aromatic heterocycles. The molecule has 29 heavy (non-hydrogen) atoms. The Kier molecular flexibility index (Phi) is 6.93. The average molecular weight is 549 g/mol. The SMILES string of the molecule is N#Cc1c(N)nc(SCC(=O)Nc2ccc(Br)cc2Br)c(C#N)c1-c1cccs1. The number of aromatic nitrogens is 1. The van der Waals surface area contributed by atoms with Crippen molar-refractivity contribution in [2.24, 2.45) is 0 Å². The van der Waals surface area contributed by atoms with Gasteiger partial charge in [0.1, 0.15) is 28.5 Å². The van der Waals surface area contributed by atoms with Crippen molar-refractivity contribution in [3.05, 3.63) is 55.8 Å². The largest absolute Gasteiger partial charge is 0.383 e. The second kappa shape index (κ2) is 9.42. The number of anilines is 2. The third kappa shape index (κ3) is 4.80. The maximum Gasteiger partial charge on any atom is 0.234 e. The van der Waals surface area contributed by atoms with E-state index in [2.05, 4.69) is 48.2 Å². The van der Waals surface area contributed by atoms with Crippen LogP contribution in [0.3, 0.4) is 0 Å². The first kappa shape index (κ1) is 21.3. The van der Waals surface area contributed by atoms with Crippen molar-refractivity contribution >= 4 is 72.4 Å². The number of thiophene rings is 1. The molecule has 3 N–H and O–H groups in total. The number of nitrogens with zero attached hydrogens (tertiary/aromatic N) is 3. The van der Waals surface area contributed by atoms with Crippen LogP contribution in [0.25, 0.3) is 10.4 Å². The van der Waals surface area contributed by atoms with Crippen molar-refractivity contribution in [3.63, 3.8) is 0 Å². The molecule has 1 amide bonds. The summed E-state index contributed by atoms with van der Waals surface area (Å²) in [6, 6.07) is 13.2. The first-order chi connectivity index (χ1) is 13.9. The van der Waals surface area contributed by atoms with Crippen molar-refractivity contribution in [3.8, 4) is 22.6 Å². The van der Waals surface area contributed by atoms with Gasteiger partial charge in [-0.25, -0.2) is 4.98 Å². The molecule has 144 valence electrons. The summed E-state index contributed by atoms with van der Waals surface area (Å²) in [7, 11) is 0. The lowest BCUT2D eigenvalue weighted by Crippen LogP contribution is -2.15. The molecule has 0 saturated carbocycles. The number of nitrogens with one attached hydrogen (secondary N) is 1. The highest BCUT2D eigenvalue weighted by molar-refractivity contribution is 9.11. The van der Waals surface area contributed by atoms with E-state index in [-0.39, 0.29) is 28.6 Å². The van der Waals surface area contributed by atoms with Crippen molar-refractivity contribution < 1.29 is 4.79 Å². The first-order valence-corrected chi connectivity index (χ1v) is 11.4. The molecule has 0 radical (unpaired) electrons. The molecule has 0 bridgehead atoms. The summed E-state index contributed by atoms with van der Waals surface area (Å²) in [5.74, 6) is -0.197. The lowest BCUT2D eigenvalue weighted by atomic mass is 10.0. The number of carbonyl (C=O) groups excluding carboxylic acids is 1. The molecule has 3 aromatic rings. The van der Waals surface area contributed by atoms with E-state index in [0.29, 0.717) is 16.3 Å². The summed E-state index contributed by atoms with van der Waals surface area (Å²) in [6.07, 6.45) is 0. The quantitative estimate of drug-likeness (QED) is 0.413. The number of halogens is 2. The normalized spacial score (nSPS) is 10.2. The highest BCUT2D eigenvalue weighted by Crippen LogP contribution is 2.37. The molecular weight excluding hydrogens is 538 g/mol. The van der Waals surface area contributed by atoms with E-state index in [9.17, 15) is 15.3 Å². The maximum atomic E-state index is 12.4. The molecule has 0 aliphatic carbocycles. The maximum absolute atomic E-state index is 12.4. The molecule has 0 unspecified atom stereocenters. The molecule has 1 aromatic carbocycles. The highest BCUT2D eigenvalue weighted by atomic mass is 79.9. The molecule has 0 aliphatic rings. The summed E-state index contributed by atoms with van der Waals surface area (Å²) in [6.45, 7) is 0. The topological polar surface area (TPSA) is 116 Å². The van der Waals surface area contributed by atoms with Gasteiger partial charge in [0.05, 0.1) is 17.0 Å². The Labute approximate surface area is 192 Å². The monoisotopic (exact) mass is 547 g/mol. The van der Waals surface area contributed by atoms with Gasteiger partial charge < -0.3 is 11.1 Å². The number of hydrogen-bond donors (Lipinski definition) is 2. The number of nitriles is 2. The second-order valence-electron chi connectivity index (χ2n) is 5.59. The van der Waals surface area contributed by atoms with E-state index < -0.39 is 0 Å². The van der Waals surface area contributed by atoms with Crippen LogP contribution >= 0.6 is 55.0 Å². The van der Waals surface area contributed by atoms with Gasteiger partial charge in [-0.05, 0) is 45.6 Å². The van der Waals surface area contributed by atoms with Gasteiger partial charge in [-0.15, -0.1) is 11.3 Å². The number of rotatable bonds is 5. The van der Waals surface area contributed by atoms with Crippen LogP contribution in [0.15, 0.2) is 49.7 Å². The van der Waals surface area contributed by atoms with Crippen LogP contribution < -0.4 is 11.1 Å². The number of carbonyl (C=O) groups is 1. The molecule has 0 spiro atoms. The molecule has 0 saturated heterocycles. The Morgan fingerprint density at radius 2 is 2.00 bits per heavy atom. The summed E-state index contributed by atoms with van der Waals surface area (Å²) in [5, 5.41) is 24.2. The summed E-state index contributed by atoms with van der Waals surface area (Å²) in [5.41, 5.74) is 7.45. The van der Waals surface area contributed by atoms with Crippen molar-refractivity contribution in [1.82, 2.24) is 4.98 Å². The zero-order valence-corrected chi connectivity index (χ0v) is 19.4. The molecule has 2 heterocycles.